The third kappa shape index (κ3) is 3.39. The summed E-state index contributed by atoms with van der Waals surface area (Å²) in [6.07, 6.45) is 7.71. The van der Waals surface area contributed by atoms with Crippen molar-refractivity contribution < 1.29 is 9.90 Å². The number of hydrogen-bond donors (Lipinski definition) is 1. The van der Waals surface area contributed by atoms with Gasteiger partial charge in [0.05, 0.1) is 0 Å². The Balaban J connectivity index is 1.53. The van der Waals surface area contributed by atoms with Crippen LogP contribution in [-0.4, -0.2) is 29.0 Å². The molecule has 0 unspecified atom stereocenters. The fourth-order valence-electron chi connectivity index (χ4n) is 3.95. The van der Waals surface area contributed by atoms with E-state index in [-0.39, 0.29) is 5.91 Å². The van der Waals surface area contributed by atoms with Crippen molar-refractivity contribution in [3.8, 4) is 5.75 Å². The molecule has 0 spiro atoms. The summed E-state index contributed by atoms with van der Waals surface area (Å²) in [6, 6.07) is 7.31. The highest BCUT2D eigenvalue weighted by atomic mass is 16.3. The van der Waals surface area contributed by atoms with E-state index in [1.807, 2.05) is 18.2 Å². The Labute approximate surface area is 127 Å². The van der Waals surface area contributed by atoms with Crippen LogP contribution >= 0.6 is 0 Å². The number of rotatable bonds is 3. The zero-order valence-electron chi connectivity index (χ0n) is 12.6. The van der Waals surface area contributed by atoms with Crippen molar-refractivity contribution in [2.24, 2.45) is 11.8 Å². The van der Waals surface area contributed by atoms with Crippen LogP contribution in [0.3, 0.4) is 0 Å². The number of aromatic hydroxyl groups is 1. The summed E-state index contributed by atoms with van der Waals surface area (Å²) in [6.45, 7) is 1.89. The molecule has 1 saturated carbocycles. The Bertz CT molecular complexity index is 500. The van der Waals surface area contributed by atoms with Gasteiger partial charge in [-0.1, -0.05) is 37.5 Å². The summed E-state index contributed by atoms with van der Waals surface area (Å²) in [4.78, 5) is 14.5. The molecule has 0 bridgehead atoms. The molecule has 1 heterocycles. The molecular weight excluding hydrogens is 262 g/mol. The van der Waals surface area contributed by atoms with Crippen molar-refractivity contribution in [2.75, 3.05) is 13.1 Å². The molecule has 21 heavy (non-hydrogen) atoms. The number of benzene rings is 1. The third-order valence-corrected chi connectivity index (χ3v) is 5.24. The van der Waals surface area contributed by atoms with E-state index in [1.54, 1.807) is 6.07 Å². The maximum Gasteiger partial charge on any atom is 0.222 e. The quantitative estimate of drug-likeness (QED) is 0.926. The Morgan fingerprint density at radius 2 is 1.90 bits per heavy atom. The highest BCUT2D eigenvalue weighted by Crippen LogP contribution is 2.36. The number of phenolic OH excluding ortho intramolecular Hbond substituents is 1. The van der Waals surface area contributed by atoms with Crippen molar-refractivity contribution in [3.63, 3.8) is 0 Å². The van der Waals surface area contributed by atoms with Gasteiger partial charge in [0.15, 0.2) is 0 Å². The van der Waals surface area contributed by atoms with Gasteiger partial charge in [-0.2, -0.15) is 0 Å². The molecule has 1 N–H and O–H groups in total. The average Bonchev–Trinajstić information content (AvgIpc) is 2.53. The molecule has 1 aliphatic heterocycles. The second-order valence-corrected chi connectivity index (χ2v) is 6.56. The number of fused-ring (bicyclic) bond motifs is 1. The molecule has 3 rings (SSSR count). The van der Waals surface area contributed by atoms with Gasteiger partial charge in [-0.25, -0.2) is 0 Å². The standard InChI is InChI=1S/C18H25NO2/c20-17-8-4-3-6-15(17)9-10-18(21)19-12-11-14-5-1-2-7-16(14)13-19/h3-4,6,8,14,16,20H,1-2,5,7,9-13H2/t14-,16-/m0/s1. The topological polar surface area (TPSA) is 40.5 Å². The molecule has 2 fully saturated rings. The first-order chi connectivity index (χ1) is 10.2. The van der Waals surface area contributed by atoms with E-state index in [9.17, 15) is 9.90 Å². The van der Waals surface area contributed by atoms with E-state index in [1.165, 1.54) is 32.1 Å². The minimum atomic E-state index is 0.252. The summed E-state index contributed by atoms with van der Waals surface area (Å²) in [5.74, 6) is 2.15. The number of hydrogen-bond acceptors (Lipinski definition) is 2. The number of para-hydroxylation sites is 1. The van der Waals surface area contributed by atoms with Gasteiger partial charge in [-0.05, 0) is 42.7 Å². The van der Waals surface area contributed by atoms with Gasteiger partial charge in [-0.15, -0.1) is 0 Å². The van der Waals surface area contributed by atoms with Gasteiger partial charge < -0.3 is 10.0 Å². The first-order valence-electron chi connectivity index (χ1n) is 8.28. The number of amides is 1. The van der Waals surface area contributed by atoms with Crippen LogP contribution in [-0.2, 0) is 11.2 Å². The molecule has 3 nitrogen and oxygen atoms in total. The van der Waals surface area contributed by atoms with E-state index in [0.717, 1.165) is 30.5 Å². The largest absolute Gasteiger partial charge is 0.508 e. The predicted octanol–water partition coefficient (Wildman–Crippen LogP) is 3.36. The number of aryl methyl sites for hydroxylation is 1. The van der Waals surface area contributed by atoms with Crippen LogP contribution in [0.15, 0.2) is 24.3 Å². The van der Waals surface area contributed by atoms with Gasteiger partial charge in [0, 0.05) is 19.5 Å². The SMILES string of the molecule is O=C(CCc1ccccc1O)N1CC[C@@H]2CCCC[C@H]2C1. The van der Waals surface area contributed by atoms with Crippen LogP contribution in [0, 0.1) is 11.8 Å². The van der Waals surface area contributed by atoms with Gasteiger partial charge in [0.25, 0.3) is 0 Å². The van der Waals surface area contributed by atoms with E-state index in [4.69, 9.17) is 0 Å². The molecule has 3 heteroatoms. The summed E-state index contributed by atoms with van der Waals surface area (Å²) in [7, 11) is 0. The monoisotopic (exact) mass is 287 g/mol. The lowest BCUT2D eigenvalue weighted by atomic mass is 9.75. The fraction of sp³-hybridized carbons (Fsp3) is 0.611. The zero-order chi connectivity index (χ0) is 14.7. The van der Waals surface area contributed by atoms with Crippen LogP contribution in [0.1, 0.15) is 44.1 Å². The minimum absolute atomic E-state index is 0.252. The van der Waals surface area contributed by atoms with Gasteiger partial charge >= 0.3 is 0 Å². The zero-order valence-corrected chi connectivity index (χ0v) is 12.6. The second kappa shape index (κ2) is 6.50. The molecule has 1 aromatic carbocycles. The molecular formula is C18H25NO2. The Hall–Kier alpha value is -1.51. The van der Waals surface area contributed by atoms with Crippen LogP contribution in [0.2, 0.25) is 0 Å². The Morgan fingerprint density at radius 3 is 2.71 bits per heavy atom. The second-order valence-electron chi connectivity index (χ2n) is 6.56. The maximum atomic E-state index is 12.4. The van der Waals surface area contributed by atoms with Crippen molar-refractivity contribution in [3.05, 3.63) is 29.8 Å². The Kier molecular flexibility index (Phi) is 4.47. The number of carbonyl (C=O) groups is 1. The molecule has 114 valence electrons. The third-order valence-electron chi connectivity index (χ3n) is 5.24. The number of piperidine rings is 1. The molecule has 2 aliphatic rings. The first kappa shape index (κ1) is 14.4. The number of phenols is 1. The number of carbonyl (C=O) groups excluding carboxylic acids is 1. The van der Waals surface area contributed by atoms with Gasteiger partial charge in [0.2, 0.25) is 5.91 Å². The van der Waals surface area contributed by atoms with E-state index < -0.39 is 0 Å². The van der Waals surface area contributed by atoms with Crippen molar-refractivity contribution >= 4 is 5.91 Å². The molecule has 0 radical (unpaired) electrons. The summed E-state index contributed by atoms with van der Waals surface area (Å²) >= 11 is 0. The van der Waals surface area contributed by atoms with E-state index in [2.05, 4.69) is 4.90 Å². The van der Waals surface area contributed by atoms with Gasteiger partial charge in [0.1, 0.15) is 5.75 Å². The van der Waals surface area contributed by atoms with Crippen LogP contribution < -0.4 is 0 Å². The molecule has 1 aliphatic carbocycles. The lowest BCUT2D eigenvalue weighted by molar-refractivity contribution is -0.134. The molecule has 2 atom stereocenters. The highest BCUT2D eigenvalue weighted by Gasteiger charge is 2.32. The lowest BCUT2D eigenvalue weighted by Gasteiger charge is -2.41. The van der Waals surface area contributed by atoms with Crippen LogP contribution in [0.5, 0.6) is 5.75 Å². The normalized spacial score (nSPS) is 25.4. The number of nitrogens with zero attached hydrogens (tertiary/aromatic N) is 1. The molecule has 1 saturated heterocycles. The molecule has 0 aromatic heterocycles. The summed E-state index contributed by atoms with van der Waals surface area (Å²) in [5, 5.41) is 9.76. The molecule has 1 aromatic rings. The van der Waals surface area contributed by atoms with Crippen molar-refractivity contribution in [2.45, 2.75) is 44.9 Å². The first-order valence-corrected chi connectivity index (χ1v) is 8.28. The van der Waals surface area contributed by atoms with Crippen molar-refractivity contribution in [1.82, 2.24) is 4.90 Å². The van der Waals surface area contributed by atoms with Crippen molar-refractivity contribution in [1.29, 1.82) is 0 Å². The number of likely N-dealkylation sites (tertiary alicyclic amines) is 1. The highest BCUT2D eigenvalue weighted by molar-refractivity contribution is 5.76. The predicted molar refractivity (Wildman–Crippen MR) is 83.1 cm³/mol. The van der Waals surface area contributed by atoms with Crippen LogP contribution in [0.25, 0.3) is 0 Å². The van der Waals surface area contributed by atoms with E-state index >= 15 is 0 Å². The molecule has 1 amide bonds. The van der Waals surface area contributed by atoms with E-state index in [0.29, 0.717) is 18.6 Å². The fourth-order valence-corrected chi connectivity index (χ4v) is 3.95. The lowest BCUT2D eigenvalue weighted by Crippen LogP contribution is -2.44. The van der Waals surface area contributed by atoms with Crippen LogP contribution in [0.4, 0.5) is 0 Å². The smallest absolute Gasteiger partial charge is 0.222 e. The van der Waals surface area contributed by atoms with Gasteiger partial charge in [-0.3, -0.25) is 4.79 Å². The maximum absolute atomic E-state index is 12.4. The Morgan fingerprint density at radius 1 is 1.14 bits per heavy atom. The average molecular weight is 287 g/mol. The summed E-state index contributed by atoms with van der Waals surface area (Å²) in [5.41, 5.74) is 0.874. The summed E-state index contributed by atoms with van der Waals surface area (Å²) < 4.78 is 0. The minimum Gasteiger partial charge on any atom is -0.508 e.